The predicted octanol–water partition coefficient (Wildman–Crippen LogP) is 3.47. The van der Waals surface area contributed by atoms with Crippen LogP contribution in [0.1, 0.15) is 11.1 Å². The third kappa shape index (κ3) is 2.27. The molecule has 0 nitrogen and oxygen atoms in total. The number of hydrogen-bond donors (Lipinski definition) is 0. The second-order valence-corrected chi connectivity index (χ2v) is 4.59. The van der Waals surface area contributed by atoms with E-state index in [1.54, 1.807) is 0 Å². The zero-order valence-electron chi connectivity index (χ0n) is 9.12. The molecule has 0 aliphatic rings. The molecule has 0 spiro atoms. The van der Waals surface area contributed by atoms with E-state index in [0.29, 0.717) is 0 Å². The van der Waals surface area contributed by atoms with Gasteiger partial charge < -0.3 is 0 Å². The predicted molar refractivity (Wildman–Crippen MR) is 70.7 cm³/mol. The normalized spacial score (nSPS) is 10.3. The lowest BCUT2D eigenvalue weighted by atomic mass is 10.0. The molecule has 2 rings (SSSR count). The Balaban J connectivity index is 2.45. The van der Waals surface area contributed by atoms with Crippen molar-refractivity contribution < 1.29 is 0 Å². The van der Waals surface area contributed by atoms with Crippen molar-refractivity contribution in [3.05, 3.63) is 53.6 Å². The molecule has 0 saturated carbocycles. The summed E-state index contributed by atoms with van der Waals surface area (Å²) < 4.78 is 0. The highest BCUT2D eigenvalue weighted by atomic mass is 31.0. The summed E-state index contributed by atoms with van der Waals surface area (Å²) in [6.07, 6.45) is 0. The van der Waals surface area contributed by atoms with Crippen LogP contribution in [-0.4, -0.2) is 0 Å². The van der Waals surface area contributed by atoms with Crippen molar-refractivity contribution >= 4 is 14.5 Å². The fraction of sp³-hybridized carbons (Fsp3) is 0.143. The Morgan fingerprint density at radius 3 is 1.93 bits per heavy atom. The molecule has 0 saturated heterocycles. The van der Waals surface area contributed by atoms with Crippen molar-refractivity contribution in [1.82, 2.24) is 0 Å². The third-order valence-corrected chi connectivity index (χ3v) is 3.14. The van der Waals surface area contributed by atoms with Crippen LogP contribution in [-0.2, 0) is 0 Å². The second kappa shape index (κ2) is 4.16. The standard InChI is InChI=1S/C14H15P/c1-10-3-4-13(9-11(10)2)12-5-7-14(15)8-6-12/h3-9H,15H2,1-2H3. The van der Waals surface area contributed by atoms with Gasteiger partial charge in [0.05, 0.1) is 0 Å². The highest BCUT2D eigenvalue weighted by molar-refractivity contribution is 7.27. The van der Waals surface area contributed by atoms with E-state index in [-0.39, 0.29) is 0 Å². The van der Waals surface area contributed by atoms with E-state index in [1.807, 2.05) is 0 Å². The van der Waals surface area contributed by atoms with Gasteiger partial charge in [0.25, 0.3) is 0 Å². The maximum absolute atomic E-state index is 2.71. The molecule has 0 heterocycles. The van der Waals surface area contributed by atoms with Gasteiger partial charge in [0.1, 0.15) is 0 Å². The van der Waals surface area contributed by atoms with Gasteiger partial charge in [-0.15, -0.1) is 9.24 Å². The van der Waals surface area contributed by atoms with Crippen LogP contribution in [0.25, 0.3) is 11.1 Å². The molecule has 0 amide bonds. The smallest absolute Gasteiger partial charge is 0.0181 e. The first-order chi connectivity index (χ1) is 7.16. The monoisotopic (exact) mass is 214 g/mol. The SMILES string of the molecule is Cc1ccc(-c2ccc(P)cc2)cc1C. The number of aryl methyl sites for hydroxylation is 2. The zero-order valence-corrected chi connectivity index (χ0v) is 10.3. The van der Waals surface area contributed by atoms with Crippen LogP contribution in [0.15, 0.2) is 42.5 Å². The van der Waals surface area contributed by atoms with Gasteiger partial charge in [0, 0.05) is 0 Å². The first-order valence-electron chi connectivity index (χ1n) is 5.10. The van der Waals surface area contributed by atoms with E-state index in [1.165, 1.54) is 27.6 Å². The van der Waals surface area contributed by atoms with Crippen LogP contribution in [0.4, 0.5) is 0 Å². The van der Waals surface area contributed by atoms with E-state index in [4.69, 9.17) is 0 Å². The van der Waals surface area contributed by atoms with E-state index in [9.17, 15) is 0 Å². The van der Waals surface area contributed by atoms with Crippen molar-refractivity contribution in [3.63, 3.8) is 0 Å². The second-order valence-electron chi connectivity index (χ2n) is 3.92. The first-order valence-corrected chi connectivity index (χ1v) is 5.68. The Morgan fingerprint density at radius 2 is 1.33 bits per heavy atom. The Labute approximate surface area is 93.5 Å². The lowest BCUT2D eigenvalue weighted by Crippen LogP contribution is -1.89. The van der Waals surface area contributed by atoms with E-state index in [2.05, 4.69) is 65.6 Å². The van der Waals surface area contributed by atoms with E-state index >= 15 is 0 Å². The van der Waals surface area contributed by atoms with Crippen LogP contribution in [0, 0.1) is 13.8 Å². The molecule has 0 N–H and O–H groups in total. The van der Waals surface area contributed by atoms with Gasteiger partial charge in [-0.3, -0.25) is 0 Å². The minimum atomic E-state index is 1.22. The molecule has 2 aromatic rings. The average molecular weight is 214 g/mol. The van der Waals surface area contributed by atoms with Crippen LogP contribution >= 0.6 is 9.24 Å². The molecule has 0 radical (unpaired) electrons. The molecule has 1 unspecified atom stereocenters. The molecule has 0 bridgehead atoms. The molecule has 0 fully saturated rings. The van der Waals surface area contributed by atoms with Crippen LogP contribution in [0.2, 0.25) is 0 Å². The summed E-state index contributed by atoms with van der Waals surface area (Å²) in [6, 6.07) is 15.2. The Morgan fingerprint density at radius 1 is 0.733 bits per heavy atom. The molecular formula is C14H15P. The van der Waals surface area contributed by atoms with Gasteiger partial charge >= 0.3 is 0 Å². The van der Waals surface area contributed by atoms with Crippen molar-refractivity contribution in [2.45, 2.75) is 13.8 Å². The third-order valence-electron chi connectivity index (χ3n) is 2.75. The summed E-state index contributed by atoms with van der Waals surface area (Å²) >= 11 is 0. The minimum Gasteiger partial charge on any atom is -0.106 e. The van der Waals surface area contributed by atoms with Gasteiger partial charge in [-0.1, -0.05) is 42.5 Å². The molecule has 2 aromatic carbocycles. The average Bonchev–Trinajstić information content (AvgIpc) is 2.23. The quantitative estimate of drug-likeness (QED) is 0.638. The molecular weight excluding hydrogens is 199 g/mol. The van der Waals surface area contributed by atoms with Gasteiger partial charge in [-0.2, -0.15) is 0 Å². The summed E-state index contributed by atoms with van der Waals surface area (Å²) in [5.74, 6) is 0. The van der Waals surface area contributed by atoms with Crippen LogP contribution in [0.5, 0.6) is 0 Å². The summed E-state index contributed by atoms with van der Waals surface area (Å²) in [5, 5.41) is 1.22. The molecule has 1 atom stereocenters. The fourth-order valence-electron chi connectivity index (χ4n) is 1.60. The van der Waals surface area contributed by atoms with Gasteiger partial charge in [0.15, 0.2) is 0 Å². The summed E-state index contributed by atoms with van der Waals surface area (Å²) in [5.41, 5.74) is 5.27. The highest BCUT2D eigenvalue weighted by Crippen LogP contribution is 2.21. The van der Waals surface area contributed by atoms with Crippen molar-refractivity contribution in [3.8, 4) is 11.1 Å². The topological polar surface area (TPSA) is 0 Å². The van der Waals surface area contributed by atoms with Crippen molar-refractivity contribution in [2.24, 2.45) is 0 Å². The Kier molecular flexibility index (Phi) is 2.88. The molecule has 0 aliphatic heterocycles. The largest absolute Gasteiger partial charge is 0.106 e. The van der Waals surface area contributed by atoms with Gasteiger partial charge in [-0.05, 0) is 41.4 Å². The minimum absolute atomic E-state index is 1.22. The summed E-state index contributed by atoms with van der Waals surface area (Å²) in [7, 11) is 2.71. The summed E-state index contributed by atoms with van der Waals surface area (Å²) in [6.45, 7) is 4.30. The molecule has 1 heteroatoms. The first kappa shape index (κ1) is 10.4. The lowest BCUT2D eigenvalue weighted by Gasteiger charge is -2.05. The summed E-state index contributed by atoms with van der Waals surface area (Å²) in [4.78, 5) is 0. The van der Waals surface area contributed by atoms with Gasteiger partial charge in [-0.25, -0.2) is 0 Å². The number of rotatable bonds is 1. The number of benzene rings is 2. The highest BCUT2D eigenvalue weighted by Gasteiger charge is 1.98. The Bertz CT molecular complexity index is 469. The van der Waals surface area contributed by atoms with Crippen LogP contribution < -0.4 is 5.30 Å². The molecule has 15 heavy (non-hydrogen) atoms. The van der Waals surface area contributed by atoms with E-state index < -0.39 is 0 Å². The molecule has 0 aliphatic carbocycles. The molecule has 0 aromatic heterocycles. The lowest BCUT2D eigenvalue weighted by molar-refractivity contribution is 1.34. The van der Waals surface area contributed by atoms with Crippen molar-refractivity contribution in [1.29, 1.82) is 0 Å². The van der Waals surface area contributed by atoms with E-state index in [0.717, 1.165) is 0 Å². The zero-order chi connectivity index (χ0) is 10.8. The van der Waals surface area contributed by atoms with Crippen molar-refractivity contribution in [2.75, 3.05) is 0 Å². The maximum Gasteiger partial charge on any atom is -0.0181 e. The molecule has 76 valence electrons. The Hall–Kier alpha value is -1.13. The number of hydrogen-bond acceptors (Lipinski definition) is 0. The van der Waals surface area contributed by atoms with Gasteiger partial charge in [0.2, 0.25) is 0 Å². The fourth-order valence-corrected chi connectivity index (χ4v) is 1.79. The van der Waals surface area contributed by atoms with Crippen LogP contribution in [0.3, 0.4) is 0 Å². The maximum atomic E-state index is 2.71.